The molecule has 0 aliphatic carbocycles. The van der Waals surface area contributed by atoms with Gasteiger partial charge in [0.25, 0.3) is 0 Å². The molecule has 0 saturated carbocycles. The van der Waals surface area contributed by atoms with Gasteiger partial charge in [-0.3, -0.25) is 9.59 Å². The van der Waals surface area contributed by atoms with Crippen molar-refractivity contribution in [3.05, 3.63) is 29.8 Å². The van der Waals surface area contributed by atoms with Crippen LogP contribution >= 0.6 is 0 Å². The molecule has 0 unspecified atom stereocenters. The minimum Gasteiger partial charge on any atom is -0.347 e. The van der Waals surface area contributed by atoms with Crippen molar-refractivity contribution in [3.63, 3.8) is 0 Å². The molecule has 1 aromatic rings. The smallest absolute Gasteiger partial charge is 0.247 e. The van der Waals surface area contributed by atoms with Crippen molar-refractivity contribution >= 4 is 17.5 Å². The first-order chi connectivity index (χ1) is 8.35. The minimum absolute atomic E-state index is 0. The third-order valence-corrected chi connectivity index (χ3v) is 2.54. The molecular formula is C14H19N2O2Y-. The Balaban J connectivity index is 0.00000324. The molecule has 0 aromatic heterocycles. The average Bonchev–Trinajstić information content (AvgIpc) is 2.28. The maximum absolute atomic E-state index is 12.1. The van der Waals surface area contributed by atoms with Gasteiger partial charge in [0.2, 0.25) is 11.8 Å². The first-order valence-corrected chi connectivity index (χ1v) is 5.96. The number of hydrogen-bond donors (Lipinski definition) is 2. The first-order valence-electron chi connectivity index (χ1n) is 5.96. The topological polar surface area (TPSA) is 58.2 Å². The zero-order valence-corrected chi connectivity index (χ0v) is 14.7. The number of hydrogen-bond acceptors (Lipinski definition) is 2. The van der Waals surface area contributed by atoms with Gasteiger partial charge in [-0.2, -0.15) is 17.7 Å². The molecule has 0 atom stereocenters. The number of anilines is 1. The Labute approximate surface area is 139 Å². The Morgan fingerprint density at radius 3 is 2.53 bits per heavy atom. The SMILES string of the molecule is CCC(=O)NC(C)(C)C(=O)Nc1cc[c-]c(C)c1.[Y]. The molecule has 1 aromatic carbocycles. The molecule has 0 spiro atoms. The number of benzene rings is 1. The molecule has 101 valence electrons. The van der Waals surface area contributed by atoms with Crippen LogP contribution in [0.5, 0.6) is 0 Å². The zero-order valence-electron chi connectivity index (χ0n) is 11.8. The normalized spacial score (nSPS) is 10.3. The van der Waals surface area contributed by atoms with Crippen molar-refractivity contribution in [1.29, 1.82) is 0 Å². The summed E-state index contributed by atoms with van der Waals surface area (Å²) in [4.78, 5) is 23.4. The largest absolute Gasteiger partial charge is 0.347 e. The zero-order chi connectivity index (χ0) is 13.8. The van der Waals surface area contributed by atoms with Gasteiger partial charge in [0.05, 0.1) is 0 Å². The molecule has 2 amide bonds. The predicted molar refractivity (Wildman–Crippen MR) is 71.2 cm³/mol. The summed E-state index contributed by atoms with van der Waals surface area (Å²) in [5.41, 5.74) is 0.721. The van der Waals surface area contributed by atoms with E-state index in [-0.39, 0.29) is 44.5 Å². The standard InChI is InChI=1S/C14H19N2O2.Y/c1-5-12(17)16-14(3,4)13(18)15-11-8-6-7-10(2)9-11;/h6,8-9H,5H2,1-4H3,(H,15,18)(H,16,17);/q-1;. The van der Waals surface area contributed by atoms with E-state index >= 15 is 0 Å². The van der Waals surface area contributed by atoms with Gasteiger partial charge in [-0.05, 0) is 13.8 Å². The maximum Gasteiger partial charge on any atom is 0.247 e. The summed E-state index contributed by atoms with van der Waals surface area (Å²) in [6.45, 7) is 7.01. The van der Waals surface area contributed by atoms with Crippen LogP contribution in [-0.4, -0.2) is 17.4 Å². The van der Waals surface area contributed by atoms with E-state index in [4.69, 9.17) is 0 Å². The fourth-order valence-corrected chi connectivity index (χ4v) is 1.44. The van der Waals surface area contributed by atoms with E-state index in [2.05, 4.69) is 16.7 Å². The molecule has 0 aliphatic heterocycles. The van der Waals surface area contributed by atoms with Gasteiger partial charge in [-0.1, -0.05) is 19.5 Å². The van der Waals surface area contributed by atoms with Crippen molar-refractivity contribution in [1.82, 2.24) is 5.32 Å². The van der Waals surface area contributed by atoms with E-state index in [0.29, 0.717) is 12.1 Å². The number of nitrogens with one attached hydrogen (secondary N) is 2. The van der Waals surface area contributed by atoms with Crippen molar-refractivity contribution in [3.8, 4) is 0 Å². The van der Waals surface area contributed by atoms with Crippen LogP contribution in [0.2, 0.25) is 0 Å². The summed E-state index contributed by atoms with van der Waals surface area (Å²) in [5, 5.41) is 5.46. The Kier molecular flexibility index (Phi) is 7.46. The maximum atomic E-state index is 12.1. The molecule has 0 heterocycles. The van der Waals surface area contributed by atoms with E-state index in [1.54, 1.807) is 32.9 Å². The van der Waals surface area contributed by atoms with Crippen LogP contribution in [0.15, 0.2) is 18.2 Å². The summed E-state index contributed by atoms with van der Waals surface area (Å²) in [5.74, 6) is -0.386. The van der Waals surface area contributed by atoms with Gasteiger partial charge in [0.1, 0.15) is 5.54 Å². The molecule has 4 nitrogen and oxygen atoms in total. The van der Waals surface area contributed by atoms with Crippen LogP contribution in [0.1, 0.15) is 32.8 Å². The molecule has 0 fully saturated rings. The van der Waals surface area contributed by atoms with Crippen molar-refractivity contribution < 1.29 is 42.3 Å². The first kappa shape index (κ1) is 18.3. The van der Waals surface area contributed by atoms with Gasteiger partial charge in [0, 0.05) is 39.1 Å². The Hall–Kier alpha value is -0.736. The van der Waals surface area contributed by atoms with Crippen LogP contribution in [0.25, 0.3) is 0 Å². The van der Waals surface area contributed by atoms with E-state index < -0.39 is 5.54 Å². The number of aryl methyl sites for hydroxylation is 1. The number of rotatable bonds is 4. The summed E-state index contributed by atoms with van der Waals surface area (Å²) in [6.07, 6.45) is 0.357. The van der Waals surface area contributed by atoms with E-state index in [0.717, 1.165) is 5.56 Å². The van der Waals surface area contributed by atoms with Gasteiger partial charge >= 0.3 is 0 Å². The third kappa shape index (κ3) is 5.83. The number of carbonyl (C=O) groups is 2. The van der Waals surface area contributed by atoms with Gasteiger partial charge < -0.3 is 10.6 Å². The summed E-state index contributed by atoms with van der Waals surface area (Å²) >= 11 is 0. The Bertz CT molecular complexity index is 459. The fraction of sp³-hybridized carbons (Fsp3) is 0.429. The van der Waals surface area contributed by atoms with Gasteiger partial charge in [-0.25, -0.2) is 0 Å². The average molecular weight is 336 g/mol. The van der Waals surface area contributed by atoms with Crippen LogP contribution in [0.4, 0.5) is 5.69 Å². The second-order valence-corrected chi connectivity index (χ2v) is 4.74. The van der Waals surface area contributed by atoms with E-state index in [1.165, 1.54) is 0 Å². The second-order valence-electron chi connectivity index (χ2n) is 4.74. The van der Waals surface area contributed by atoms with Crippen molar-refractivity contribution in [2.24, 2.45) is 0 Å². The third-order valence-electron chi connectivity index (χ3n) is 2.54. The molecule has 0 saturated heterocycles. The summed E-state index contributed by atoms with van der Waals surface area (Å²) < 4.78 is 0. The predicted octanol–water partition coefficient (Wildman–Crippen LogP) is 2.04. The molecule has 2 N–H and O–H groups in total. The van der Waals surface area contributed by atoms with Gasteiger partial charge in [-0.15, -0.1) is 12.1 Å². The summed E-state index contributed by atoms with van der Waals surface area (Å²) in [7, 11) is 0. The van der Waals surface area contributed by atoms with E-state index in [9.17, 15) is 9.59 Å². The van der Waals surface area contributed by atoms with Crippen molar-refractivity contribution in [2.75, 3.05) is 5.32 Å². The van der Waals surface area contributed by atoms with Crippen molar-refractivity contribution in [2.45, 2.75) is 39.7 Å². The number of amides is 2. The van der Waals surface area contributed by atoms with Crippen LogP contribution in [0.3, 0.4) is 0 Å². The monoisotopic (exact) mass is 336 g/mol. The molecule has 19 heavy (non-hydrogen) atoms. The molecule has 0 aliphatic rings. The van der Waals surface area contributed by atoms with Crippen LogP contribution < -0.4 is 10.6 Å². The summed E-state index contributed by atoms with van der Waals surface area (Å²) in [6, 6.07) is 8.35. The molecule has 1 radical (unpaired) electrons. The Morgan fingerprint density at radius 2 is 2.00 bits per heavy atom. The quantitative estimate of drug-likeness (QED) is 0.827. The minimum atomic E-state index is -0.930. The Morgan fingerprint density at radius 1 is 1.37 bits per heavy atom. The molecule has 0 bridgehead atoms. The van der Waals surface area contributed by atoms with Crippen LogP contribution in [0, 0.1) is 13.0 Å². The van der Waals surface area contributed by atoms with Gasteiger partial charge in [0.15, 0.2) is 0 Å². The molecule has 1 rings (SSSR count). The molecule has 5 heteroatoms. The number of carbonyl (C=O) groups excluding carboxylic acids is 2. The van der Waals surface area contributed by atoms with Crippen LogP contribution in [-0.2, 0) is 42.3 Å². The fourth-order valence-electron chi connectivity index (χ4n) is 1.44. The second kappa shape index (κ2) is 7.76. The van der Waals surface area contributed by atoms with E-state index in [1.807, 2.05) is 13.0 Å². The molecular weight excluding hydrogens is 317 g/mol.